The highest BCUT2D eigenvalue weighted by Gasteiger charge is 2.53. The van der Waals surface area contributed by atoms with Gasteiger partial charge in [0.15, 0.2) is 18.9 Å². The molecule has 0 aromatic carbocycles. The van der Waals surface area contributed by atoms with E-state index in [1.807, 2.05) is 0 Å². The van der Waals surface area contributed by atoms with Gasteiger partial charge in [-0.3, -0.25) is 0 Å². The van der Waals surface area contributed by atoms with E-state index in [0.717, 1.165) is 0 Å². The van der Waals surface area contributed by atoms with Gasteiger partial charge in [0.1, 0.15) is 55.5 Å². The smallest absolute Gasteiger partial charge is 0.187 e. The molecule has 4 aliphatic rings. The summed E-state index contributed by atoms with van der Waals surface area (Å²) in [6, 6.07) is -4.31. The van der Waals surface area contributed by atoms with Gasteiger partial charge < -0.3 is 88.4 Å². The zero-order valence-electron chi connectivity index (χ0n) is 23.2. The first kappa shape index (κ1) is 34.1. The lowest BCUT2D eigenvalue weighted by atomic mass is 9.84. The minimum atomic E-state index is -1.57. The Labute approximate surface area is 242 Å². The fraction of sp³-hybridized carbons (Fsp3) is 1.00. The average molecular weight is 615 g/mol. The zero-order chi connectivity index (χ0) is 30.9. The Morgan fingerprint density at radius 3 is 2.00 bits per heavy atom. The molecule has 0 bridgehead atoms. The maximum atomic E-state index is 13.2. The summed E-state index contributed by atoms with van der Waals surface area (Å²) in [5.41, 5.74) is 36.1. The maximum Gasteiger partial charge on any atom is 0.187 e. The molecule has 0 aromatic heterocycles. The molecule has 0 aromatic rings. The van der Waals surface area contributed by atoms with E-state index >= 15 is 0 Å². The molecule has 1 saturated carbocycles. The van der Waals surface area contributed by atoms with Crippen LogP contribution in [0.5, 0.6) is 0 Å². The molecule has 1 unspecified atom stereocenters. The Bertz CT molecular complexity index is 859. The lowest BCUT2D eigenvalue weighted by Crippen LogP contribution is -2.65. The second-order valence-electron chi connectivity index (χ2n) is 11.5. The molecule has 17 nitrogen and oxygen atoms in total. The number of alkyl halides is 1. The van der Waals surface area contributed by atoms with Crippen LogP contribution in [0.2, 0.25) is 0 Å². The Morgan fingerprint density at radius 1 is 0.714 bits per heavy atom. The van der Waals surface area contributed by atoms with Crippen LogP contribution in [0, 0.1) is 0 Å². The monoisotopic (exact) mass is 614 g/mol. The summed E-state index contributed by atoms with van der Waals surface area (Å²) < 4.78 is 48.3. The largest absolute Gasteiger partial charge is 0.394 e. The number of aliphatic hydroxyl groups is 5. The topological polar surface area (TPSA) is 313 Å². The summed E-state index contributed by atoms with van der Waals surface area (Å²) >= 11 is 0. The van der Waals surface area contributed by atoms with Gasteiger partial charge in [-0.2, -0.15) is 0 Å². The first-order chi connectivity index (χ1) is 19.9. The molecule has 42 heavy (non-hydrogen) atoms. The number of hydrogen-bond donors (Lipinski definition) is 11. The number of aliphatic hydroxyl groups excluding tert-OH is 5. The summed E-state index contributed by atoms with van der Waals surface area (Å²) in [5, 5.41) is 52.5. The fourth-order valence-electron chi connectivity index (χ4n) is 5.85. The van der Waals surface area contributed by atoms with Crippen molar-refractivity contribution in [2.75, 3.05) is 19.8 Å². The van der Waals surface area contributed by atoms with Crippen LogP contribution in [0.15, 0.2) is 0 Å². The van der Waals surface area contributed by atoms with Crippen molar-refractivity contribution in [2.45, 2.75) is 129 Å². The van der Waals surface area contributed by atoms with Crippen molar-refractivity contribution in [3.05, 3.63) is 0 Å². The second-order valence-corrected chi connectivity index (χ2v) is 11.5. The van der Waals surface area contributed by atoms with Crippen LogP contribution in [0.1, 0.15) is 19.3 Å². The van der Waals surface area contributed by atoms with Crippen molar-refractivity contribution in [3.8, 4) is 0 Å². The summed E-state index contributed by atoms with van der Waals surface area (Å²) in [7, 11) is 0. The molecule has 17 N–H and O–H groups in total. The quantitative estimate of drug-likeness (QED) is 0.109. The van der Waals surface area contributed by atoms with Crippen LogP contribution < -0.4 is 34.4 Å². The Morgan fingerprint density at radius 2 is 1.36 bits per heavy atom. The highest BCUT2D eigenvalue weighted by molar-refractivity contribution is 5.01. The van der Waals surface area contributed by atoms with E-state index in [1.165, 1.54) is 0 Å². The van der Waals surface area contributed by atoms with Crippen LogP contribution in [-0.2, 0) is 28.4 Å². The van der Waals surface area contributed by atoms with Gasteiger partial charge in [-0.15, -0.1) is 0 Å². The number of halogens is 1. The number of rotatable bonds is 10. The second kappa shape index (κ2) is 14.6. The van der Waals surface area contributed by atoms with Crippen molar-refractivity contribution in [1.29, 1.82) is 0 Å². The lowest BCUT2D eigenvalue weighted by molar-refractivity contribution is -0.290. The molecule has 0 spiro atoms. The Hall–Kier alpha value is -0.750. The standard InChI is InChI=1S/C24H47FN6O11/c25-4-10(30)11-2-1-7(27)22(37-11)40-19-9(29)3-8(28)15(33)21(19)42-24-18(36)20(13(6-32)39-24)41-23-14(31)17(35)16(34)12(5-26)38-23/h7-24,32-36H,1-6,26-31H2/t7-,8-,9+,10-,11+,12+,13-,14-,15+,16-,17-,18-,19-,20-,21-,22-,23?,24+/m1/s1. The van der Waals surface area contributed by atoms with Crippen molar-refractivity contribution in [1.82, 2.24) is 0 Å². The van der Waals surface area contributed by atoms with E-state index in [1.54, 1.807) is 0 Å². The number of ether oxygens (including phenoxy) is 6. The molecule has 3 saturated heterocycles. The Kier molecular flexibility index (Phi) is 11.8. The number of nitrogens with two attached hydrogens (primary N) is 6. The molecule has 246 valence electrons. The van der Waals surface area contributed by atoms with Gasteiger partial charge in [-0.05, 0) is 19.3 Å². The molecule has 18 heteroatoms. The van der Waals surface area contributed by atoms with Crippen LogP contribution in [0.3, 0.4) is 0 Å². The minimum absolute atomic E-state index is 0.146. The fourth-order valence-corrected chi connectivity index (χ4v) is 5.85. The highest BCUT2D eigenvalue weighted by atomic mass is 19.1. The van der Waals surface area contributed by atoms with E-state index in [0.29, 0.717) is 12.8 Å². The lowest BCUT2D eigenvalue weighted by Gasteiger charge is -2.46. The third kappa shape index (κ3) is 7.05. The molecule has 18 atom stereocenters. The molecule has 0 radical (unpaired) electrons. The van der Waals surface area contributed by atoms with Crippen molar-refractivity contribution in [3.63, 3.8) is 0 Å². The molecule has 3 aliphatic heterocycles. The molecule has 1 aliphatic carbocycles. The van der Waals surface area contributed by atoms with Gasteiger partial charge in [0.05, 0.1) is 36.9 Å². The van der Waals surface area contributed by atoms with Crippen LogP contribution in [0.4, 0.5) is 4.39 Å². The van der Waals surface area contributed by atoms with Crippen molar-refractivity contribution >= 4 is 0 Å². The average Bonchev–Trinajstić information content (AvgIpc) is 3.27. The van der Waals surface area contributed by atoms with Gasteiger partial charge in [0, 0.05) is 18.6 Å². The molecule has 0 amide bonds. The third-order valence-electron chi connectivity index (χ3n) is 8.49. The summed E-state index contributed by atoms with van der Waals surface area (Å²) in [6.45, 7) is -1.58. The van der Waals surface area contributed by atoms with Crippen LogP contribution >= 0.6 is 0 Å². The van der Waals surface area contributed by atoms with Gasteiger partial charge in [-0.1, -0.05) is 0 Å². The van der Waals surface area contributed by atoms with E-state index < -0.39 is 123 Å². The molecule has 4 rings (SSSR count). The van der Waals surface area contributed by atoms with Gasteiger partial charge in [0.2, 0.25) is 0 Å². The predicted molar refractivity (Wildman–Crippen MR) is 140 cm³/mol. The third-order valence-corrected chi connectivity index (χ3v) is 8.49. The molecular formula is C24H47FN6O11. The van der Waals surface area contributed by atoms with Gasteiger partial charge >= 0.3 is 0 Å². The minimum Gasteiger partial charge on any atom is -0.394 e. The molecular weight excluding hydrogens is 567 g/mol. The van der Waals surface area contributed by atoms with Crippen molar-refractivity contribution in [2.24, 2.45) is 34.4 Å². The summed E-state index contributed by atoms with van der Waals surface area (Å²) in [4.78, 5) is 0. The number of hydrogen-bond acceptors (Lipinski definition) is 17. The highest BCUT2D eigenvalue weighted by Crippen LogP contribution is 2.34. The summed E-state index contributed by atoms with van der Waals surface area (Å²) in [6.07, 6.45) is -15.0. The van der Waals surface area contributed by atoms with E-state index in [-0.39, 0.29) is 13.0 Å². The zero-order valence-corrected chi connectivity index (χ0v) is 23.2. The molecule has 3 heterocycles. The summed E-state index contributed by atoms with van der Waals surface area (Å²) in [5.74, 6) is 0. The van der Waals surface area contributed by atoms with Gasteiger partial charge in [-0.25, -0.2) is 4.39 Å². The SMILES string of the molecule is NC[C@@H]1OC(O[C@H]2[C@@H](O)[C@H](O[C@@H]3[C@@H](O)[C@H](N)C[C@H](N)[C@H]3O[C@H]3O[C@H]([C@H](N)CF)CC[C@H]3N)O[C@@H]2CO)[C@H](N)[C@@H](O)[C@@H]1O. The first-order valence-electron chi connectivity index (χ1n) is 14.2. The van der Waals surface area contributed by atoms with E-state index in [9.17, 15) is 29.9 Å². The van der Waals surface area contributed by atoms with Crippen LogP contribution in [0.25, 0.3) is 0 Å². The Balaban J connectivity index is 1.48. The van der Waals surface area contributed by atoms with Gasteiger partial charge in [0.25, 0.3) is 0 Å². The van der Waals surface area contributed by atoms with E-state index in [4.69, 9.17) is 62.8 Å². The predicted octanol–water partition coefficient (Wildman–Crippen LogP) is -6.50. The maximum absolute atomic E-state index is 13.2. The normalized spacial score (nSPS) is 51.0. The molecule has 4 fully saturated rings. The van der Waals surface area contributed by atoms with Crippen molar-refractivity contribution < 1.29 is 58.3 Å². The first-order valence-corrected chi connectivity index (χ1v) is 14.2. The van der Waals surface area contributed by atoms with E-state index in [2.05, 4.69) is 0 Å². The van der Waals surface area contributed by atoms with Crippen LogP contribution in [-0.4, -0.2) is 155 Å².